The number of nitrogens with one attached hydrogen (secondary N) is 1. The fraction of sp³-hybridized carbons (Fsp3) is 0.412. The Labute approximate surface area is 131 Å². The summed E-state index contributed by atoms with van der Waals surface area (Å²) in [6.07, 6.45) is 7.54. The van der Waals surface area contributed by atoms with Crippen molar-refractivity contribution in [2.24, 2.45) is 0 Å². The molecule has 0 spiro atoms. The number of nitrogens with zero attached hydrogens (tertiary/aromatic N) is 1. The van der Waals surface area contributed by atoms with Crippen LogP contribution in [0.3, 0.4) is 0 Å². The van der Waals surface area contributed by atoms with Crippen LogP contribution in [0.5, 0.6) is 11.5 Å². The van der Waals surface area contributed by atoms with Crippen LogP contribution in [0.25, 0.3) is 0 Å². The topological polar surface area (TPSA) is 71.5 Å². The molecule has 2 N–H and O–H groups in total. The van der Waals surface area contributed by atoms with Crippen molar-refractivity contribution in [1.82, 2.24) is 10.3 Å². The first kappa shape index (κ1) is 17.8. The molecule has 5 nitrogen and oxygen atoms in total. The number of hydrogen-bond acceptors (Lipinski definition) is 4. The van der Waals surface area contributed by atoms with Crippen molar-refractivity contribution in [2.75, 3.05) is 13.7 Å². The van der Waals surface area contributed by atoms with E-state index in [4.69, 9.17) is 4.74 Å². The maximum atomic E-state index is 12.0. The molecule has 0 saturated heterocycles. The van der Waals surface area contributed by atoms with Crippen molar-refractivity contribution >= 4 is 5.91 Å². The van der Waals surface area contributed by atoms with Gasteiger partial charge in [0.2, 0.25) is 0 Å². The number of methoxy groups -OCH3 is 1. The Morgan fingerprint density at radius 2 is 2.09 bits per heavy atom. The Morgan fingerprint density at radius 3 is 2.73 bits per heavy atom. The number of carbonyl (C=O) groups excluding carboxylic acids is 1. The van der Waals surface area contributed by atoms with E-state index in [0.29, 0.717) is 6.54 Å². The number of hydrogen-bond donors (Lipinski definition) is 2. The Bertz CT molecular complexity index is 573. The van der Waals surface area contributed by atoms with Gasteiger partial charge in [-0.2, -0.15) is 0 Å². The van der Waals surface area contributed by atoms with Gasteiger partial charge in [-0.25, -0.2) is 4.98 Å². The molecule has 0 aromatic carbocycles. The monoisotopic (exact) mass is 304 g/mol. The molecular weight excluding hydrogens is 280 g/mol. The summed E-state index contributed by atoms with van der Waals surface area (Å²) in [6.45, 7) is 6.59. The van der Waals surface area contributed by atoms with Crippen LogP contribution in [0.1, 0.15) is 44.1 Å². The lowest BCUT2D eigenvalue weighted by atomic mass is 10.1. The zero-order valence-electron chi connectivity index (χ0n) is 13.6. The molecule has 1 amide bonds. The highest BCUT2D eigenvalue weighted by molar-refractivity contribution is 5.95. The van der Waals surface area contributed by atoms with Gasteiger partial charge in [-0.05, 0) is 33.6 Å². The largest absolute Gasteiger partial charge is 0.503 e. The van der Waals surface area contributed by atoms with Crippen molar-refractivity contribution in [3.8, 4) is 11.5 Å². The molecule has 1 aromatic rings. The molecule has 1 rings (SSSR count). The van der Waals surface area contributed by atoms with E-state index in [1.807, 2.05) is 13.0 Å². The Hall–Kier alpha value is -2.30. The van der Waals surface area contributed by atoms with Crippen LogP contribution >= 0.6 is 0 Å². The van der Waals surface area contributed by atoms with Gasteiger partial charge in [0.15, 0.2) is 17.2 Å². The normalized spacial score (nSPS) is 11.0. The zero-order chi connectivity index (χ0) is 16.5. The average Bonchev–Trinajstić information content (AvgIpc) is 2.47. The second-order valence-corrected chi connectivity index (χ2v) is 5.29. The number of pyridine rings is 1. The summed E-state index contributed by atoms with van der Waals surface area (Å²) in [7, 11) is 1.43. The number of ether oxygens (including phenoxy) is 1. The number of amides is 1. The molecule has 1 heterocycles. The van der Waals surface area contributed by atoms with E-state index in [2.05, 4.69) is 30.2 Å². The van der Waals surface area contributed by atoms with Crippen LogP contribution in [0.2, 0.25) is 0 Å². The van der Waals surface area contributed by atoms with Gasteiger partial charge in [0.25, 0.3) is 5.91 Å². The third-order valence-corrected chi connectivity index (χ3v) is 3.13. The van der Waals surface area contributed by atoms with Crippen LogP contribution in [-0.2, 0) is 0 Å². The molecule has 0 aliphatic heterocycles. The Balaban J connectivity index is 2.54. The molecule has 0 radical (unpaired) electrons. The number of rotatable bonds is 7. The molecule has 5 heteroatoms. The summed E-state index contributed by atoms with van der Waals surface area (Å²) in [4.78, 5) is 15.9. The van der Waals surface area contributed by atoms with Crippen LogP contribution in [-0.4, -0.2) is 29.7 Å². The predicted octanol–water partition coefficient (Wildman–Crippen LogP) is 3.22. The molecular formula is C17H24N2O3. The molecule has 0 unspecified atom stereocenters. The quantitative estimate of drug-likeness (QED) is 0.759. The first-order valence-corrected chi connectivity index (χ1v) is 7.24. The van der Waals surface area contributed by atoms with Gasteiger partial charge in [0, 0.05) is 18.8 Å². The van der Waals surface area contributed by atoms with E-state index >= 15 is 0 Å². The van der Waals surface area contributed by atoms with Crippen molar-refractivity contribution in [3.05, 3.63) is 41.3 Å². The molecule has 22 heavy (non-hydrogen) atoms. The number of carbonyl (C=O) groups is 1. The lowest BCUT2D eigenvalue weighted by Crippen LogP contribution is -2.24. The number of allylic oxidation sites excluding steroid dienone is 3. The molecule has 120 valence electrons. The highest BCUT2D eigenvalue weighted by atomic mass is 16.5. The van der Waals surface area contributed by atoms with E-state index in [9.17, 15) is 9.90 Å². The second-order valence-electron chi connectivity index (χ2n) is 5.29. The van der Waals surface area contributed by atoms with Gasteiger partial charge < -0.3 is 15.2 Å². The van der Waals surface area contributed by atoms with Crippen LogP contribution in [0.15, 0.2) is 35.6 Å². The van der Waals surface area contributed by atoms with E-state index in [-0.39, 0.29) is 17.2 Å². The van der Waals surface area contributed by atoms with Crippen molar-refractivity contribution in [1.29, 1.82) is 0 Å². The molecule has 0 atom stereocenters. The average molecular weight is 304 g/mol. The minimum Gasteiger partial charge on any atom is -0.503 e. The van der Waals surface area contributed by atoms with Gasteiger partial charge in [0.1, 0.15) is 0 Å². The molecule has 0 aliphatic rings. The molecule has 0 fully saturated rings. The SMILES string of the molecule is COc1ccnc(C(=O)NC/C=C(\C)CCC=C(C)C)c1O. The summed E-state index contributed by atoms with van der Waals surface area (Å²) >= 11 is 0. The van der Waals surface area contributed by atoms with Crippen LogP contribution in [0.4, 0.5) is 0 Å². The smallest absolute Gasteiger partial charge is 0.274 e. The summed E-state index contributed by atoms with van der Waals surface area (Å²) in [5.41, 5.74) is 2.48. The summed E-state index contributed by atoms with van der Waals surface area (Å²) < 4.78 is 4.95. The number of aromatic hydroxyl groups is 1. The highest BCUT2D eigenvalue weighted by Gasteiger charge is 2.15. The summed E-state index contributed by atoms with van der Waals surface area (Å²) in [5.74, 6) is -0.440. The minimum absolute atomic E-state index is 0.0325. The highest BCUT2D eigenvalue weighted by Crippen LogP contribution is 2.27. The standard InChI is InChI=1S/C17H24N2O3/c1-12(2)6-5-7-13(3)8-10-19-17(21)15-16(20)14(22-4)9-11-18-15/h6,8-9,11,20H,5,7,10H2,1-4H3,(H,19,21)/b13-8+. The maximum Gasteiger partial charge on any atom is 0.274 e. The first-order valence-electron chi connectivity index (χ1n) is 7.24. The van der Waals surface area contributed by atoms with E-state index in [1.54, 1.807) is 0 Å². The second kappa shape index (κ2) is 8.87. The van der Waals surface area contributed by atoms with Gasteiger partial charge in [-0.15, -0.1) is 0 Å². The lowest BCUT2D eigenvalue weighted by Gasteiger charge is -2.07. The van der Waals surface area contributed by atoms with Gasteiger partial charge in [-0.3, -0.25) is 4.79 Å². The molecule has 0 saturated carbocycles. The van der Waals surface area contributed by atoms with E-state index in [0.717, 1.165) is 12.8 Å². The van der Waals surface area contributed by atoms with Gasteiger partial charge in [0.05, 0.1) is 7.11 Å². The Morgan fingerprint density at radius 1 is 1.36 bits per heavy atom. The third kappa shape index (κ3) is 5.60. The molecule has 0 bridgehead atoms. The maximum absolute atomic E-state index is 12.0. The van der Waals surface area contributed by atoms with Crippen molar-refractivity contribution in [3.63, 3.8) is 0 Å². The fourth-order valence-electron chi connectivity index (χ4n) is 1.86. The number of aromatic nitrogens is 1. The van der Waals surface area contributed by atoms with Gasteiger partial charge >= 0.3 is 0 Å². The predicted molar refractivity (Wildman–Crippen MR) is 87.2 cm³/mol. The van der Waals surface area contributed by atoms with Crippen molar-refractivity contribution in [2.45, 2.75) is 33.6 Å². The van der Waals surface area contributed by atoms with Crippen LogP contribution < -0.4 is 10.1 Å². The summed E-state index contributed by atoms with van der Waals surface area (Å²) in [5, 5.41) is 12.6. The van der Waals surface area contributed by atoms with Crippen molar-refractivity contribution < 1.29 is 14.6 Å². The zero-order valence-corrected chi connectivity index (χ0v) is 13.6. The first-order chi connectivity index (χ1) is 10.5. The van der Waals surface area contributed by atoms with Crippen LogP contribution in [0, 0.1) is 0 Å². The third-order valence-electron chi connectivity index (χ3n) is 3.13. The minimum atomic E-state index is -0.426. The molecule has 1 aromatic heterocycles. The van der Waals surface area contributed by atoms with E-state index < -0.39 is 5.91 Å². The summed E-state index contributed by atoms with van der Waals surface area (Å²) in [6, 6.07) is 1.50. The Kier molecular flexibility index (Phi) is 7.16. The van der Waals surface area contributed by atoms with Gasteiger partial charge in [-0.1, -0.05) is 23.3 Å². The lowest BCUT2D eigenvalue weighted by molar-refractivity contribution is 0.0949. The molecule has 0 aliphatic carbocycles. The fourth-order valence-corrected chi connectivity index (χ4v) is 1.86. The van der Waals surface area contributed by atoms with E-state index in [1.165, 1.54) is 30.5 Å².